The van der Waals surface area contributed by atoms with Crippen molar-refractivity contribution in [1.29, 1.82) is 0 Å². The van der Waals surface area contributed by atoms with E-state index in [4.69, 9.17) is 11.6 Å². The van der Waals surface area contributed by atoms with E-state index in [1.165, 1.54) is 18.2 Å². The normalized spacial score (nSPS) is 18.2. The molecule has 6 heteroatoms. The Hall–Kier alpha value is -1.17. The summed E-state index contributed by atoms with van der Waals surface area (Å²) in [5.41, 5.74) is 0.504. The molecule has 1 aromatic carbocycles. The first-order valence-corrected chi connectivity index (χ1v) is 7.94. The quantitative estimate of drug-likeness (QED) is 0.874. The Morgan fingerprint density at radius 3 is 2.68 bits per heavy atom. The van der Waals surface area contributed by atoms with Gasteiger partial charge in [-0.3, -0.25) is 9.69 Å². The molecule has 1 fully saturated rings. The van der Waals surface area contributed by atoms with Gasteiger partial charge in [0.2, 0.25) is 5.91 Å². The molecule has 1 saturated heterocycles. The molecule has 0 aliphatic carbocycles. The largest absolute Gasteiger partial charge is 0.396 e. The third kappa shape index (κ3) is 4.18. The molecule has 0 aromatic heterocycles. The lowest BCUT2D eigenvalue weighted by molar-refractivity contribution is -0.118. The number of benzene rings is 1. The Bertz CT molecular complexity index is 525. The molecule has 1 aliphatic heterocycles. The number of nitrogens with one attached hydrogen (secondary N) is 1. The van der Waals surface area contributed by atoms with E-state index in [1.54, 1.807) is 0 Å². The van der Waals surface area contributed by atoms with Crippen LogP contribution >= 0.6 is 11.6 Å². The maximum Gasteiger partial charge on any atom is 0.238 e. The minimum absolute atomic E-state index is 0.00792. The standard InChI is InChI=1S/C16H22ClFN2O2/c1-2-16(11-21)5-7-20(8-6-16)10-15(22)19-12-3-4-14(18)13(17)9-12/h3-4,9,21H,2,5-8,10-11H2,1H3,(H,19,22). The number of halogens is 2. The molecule has 2 N–H and O–H groups in total. The van der Waals surface area contributed by atoms with Gasteiger partial charge in [0.05, 0.1) is 11.6 Å². The second-order valence-corrected chi connectivity index (χ2v) is 6.37. The molecule has 1 heterocycles. The number of aliphatic hydroxyl groups excluding tert-OH is 1. The number of aliphatic hydroxyl groups is 1. The van der Waals surface area contributed by atoms with Crippen molar-refractivity contribution < 1.29 is 14.3 Å². The summed E-state index contributed by atoms with van der Waals surface area (Å²) in [6.07, 6.45) is 2.75. The van der Waals surface area contributed by atoms with E-state index in [-0.39, 0.29) is 23.0 Å². The highest BCUT2D eigenvalue weighted by Crippen LogP contribution is 2.34. The summed E-state index contributed by atoms with van der Waals surface area (Å²) in [5, 5.41) is 12.2. The first kappa shape index (κ1) is 17.2. The lowest BCUT2D eigenvalue weighted by Crippen LogP contribution is -2.44. The van der Waals surface area contributed by atoms with Gasteiger partial charge in [0.15, 0.2) is 0 Å². The van der Waals surface area contributed by atoms with Crippen molar-refractivity contribution in [2.24, 2.45) is 5.41 Å². The molecular weight excluding hydrogens is 307 g/mol. The van der Waals surface area contributed by atoms with Gasteiger partial charge >= 0.3 is 0 Å². The minimum Gasteiger partial charge on any atom is -0.396 e. The molecule has 0 saturated carbocycles. The van der Waals surface area contributed by atoms with Gasteiger partial charge in [-0.2, -0.15) is 0 Å². The summed E-state index contributed by atoms with van der Waals surface area (Å²) in [6.45, 7) is 4.19. The summed E-state index contributed by atoms with van der Waals surface area (Å²) >= 11 is 5.69. The topological polar surface area (TPSA) is 52.6 Å². The van der Waals surface area contributed by atoms with Gasteiger partial charge in [-0.15, -0.1) is 0 Å². The van der Waals surface area contributed by atoms with Crippen molar-refractivity contribution in [3.63, 3.8) is 0 Å². The Kier molecular flexibility index (Phi) is 5.78. The van der Waals surface area contributed by atoms with Crippen LogP contribution in [0.4, 0.5) is 10.1 Å². The zero-order chi connectivity index (χ0) is 16.2. The molecule has 22 heavy (non-hydrogen) atoms. The monoisotopic (exact) mass is 328 g/mol. The van der Waals surface area contributed by atoms with Crippen LogP contribution in [0.2, 0.25) is 5.02 Å². The molecule has 4 nitrogen and oxygen atoms in total. The Morgan fingerprint density at radius 1 is 1.45 bits per heavy atom. The molecule has 1 aliphatic rings. The summed E-state index contributed by atoms with van der Waals surface area (Å²) in [5.74, 6) is -0.647. The van der Waals surface area contributed by atoms with E-state index in [0.717, 1.165) is 32.4 Å². The number of hydrogen-bond acceptors (Lipinski definition) is 3. The number of amides is 1. The zero-order valence-electron chi connectivity index (χ0n) is 12.7. The summed E-state index contributed by atoms with van der Waals surface area (Å²) in [4.78, 5) is 14.1. The van der Waals surface area contributed by atoms with E-state index in [0.29, 0.717) is 12.2 Å². The lowest BCUT2D eigenvalue weighted by atomic mass is 9.77. The predicted molar refractivity (Wildman–Crippen MR) is 85.5 cm³/mol. The van der Waals surface area contributed by atoms with Gasteiger partial charge in [0.1, 0.15) is 5.82 Å². The van der Waals surface area contributed by atoms with Gasteiger partial charge in [0.25, 0.3) is 0 Å². The lowest BCUT2D eigenvalue weighted by Gasteiger charge is -2.39. The first-order chi connectivity index (χ1) is 10.5. The molecule has 0 spiro atoms. The smallest absolute Gasteiger partial charge is 0.238 e. The Morgan fingerprint density at radius 2 is 2.14 bits per heavy atom. The van der Waals surface area contributed by atoms with Crippen LogP contribution < -0.4 is 5.32 Å². The zero-order valence-corrected chi connectivity index (χ0v) is 13.5. The van der Waals surface area contributed by atoms with Crippen LogP contribution in [0.3, 0.4) is 0 Å². The van der Waals surface area contributed by atoms with Crippen LogP contribution in [0.5, 0.6) is 0 Å². The number of carbonyl (C=O) groups is 1. The average Bonchev–Trinajstić information content (AvgIpc) is 2.52. The van der Waals surface area contributed by atoms with Crippen LogP contribution in [0.15, 0.2) is 18.2 Å². The fourth-order valence-electron chi connectivity index (χ4n) is 2.79. The highest BCUT2D eigenvalue weighted by Gasteiger charge is 2.32. The van der Waals surface area contributed by atoms with Gasteiger partial charge in [-0.25, -0.2) is 4.39 Å². The molecular formula is C16H22ClFN2O2. The molecule has 0 unspecified atom stereocenters. The summed E-state index contributed by atoms with van der Waals surface area (Å²) in [6, 6.07) is 4.12. The van der Waals surface area contributed by atoms with E-state index >= 15 is 0 Å². The maximum absolute atomic E-state index is 13.1. The number of nitrogens with zero attached hydrogens (tertiary/aromatic N) is 1. The molecule has 1 amide bonds. The van der Waals surface area contributed by atoms with Crippen LogP contribution in [-0.2, 0) is 4.79 Å². The van der Waals surface area contributed by atoms with Crippen molar-refractivity contribution in [2.45, 2.75) is 26.2 Å². The first-order valence-electron chi connectivity index (χ1n) is 7.56. The highest BCUT2D eigenvalue weighted by atomic mass is 35.5. The number of piperidine rings is 1. The molecule has 2 rings (SSSR count). The summed E-state index contributed by atoms with van der Waals surface area (Å²) in [7, 11) is 0. The van der Waals surface area contributed by atoms with Crippen LogP contribution in [0.1, 0.15) is 26.2 Å². The second kappa shape index (κ2) is 7.40. The van der Waals surface area contributed by atoms with Crippen molar-refractivity contribution in [2.75, 3.05) is 31.6 Å². The van der Waals surface area contributed by atoms with E-state index < -0.39 is 5.82 Å². The molecule has 0 atom stereocenters. The van der Waals surface area contributed by atoms with E-state index in [9.17, 15) is 14.3 Å². The SMILES string of the molecule is CCC1(CO)CCN(CC(=O)Nc2ccc(F)c(Cl)c2)CC1. The molecule has 1 aromatic rings. The van der Waals surface area contributed by atoms with Gasteiger partial charge < -0.3 is 10.4 Å². The number of rotatable bonds is 5. The number of anilines is 1. The Balaban J connectivity index is 1.84. The fraction of sp³-hybridized carbons (Fsp3) is 0.562. The van der Waals surface area contributed by atoms with Gasteiger partial charge in [0, 0.05) is 12.3 Å². The van der Waals surface area contributed by atoms with Crippen LogP contribution in [-0.4, -0.2) is 42.2 Å². The molecule has 0 bridgehead atoms. The summed E-state index contributed by atoms with van der Waals surface area (Å²) < 4.78 is 13.1. The molecule has 0 radical (unpaired) electrons. The van der Waals surface area contributed by atoms with Crippen LogP contribution in [0, 0.1) is 11.2 Å². The van der Waals surface area contributed by atoms with Gasteiger partial charge in [-0.1, -0.05) is 18.5 Å². The van der Waals surface area contributed by atoms with Gasteiger partial charge in [-0.05, 0) is 56.0 Å². The number of hydrogen-bond donors (Lipinski definition) is 2. The number of carbonyl (C=O) groups excluding carboxylic acids is 1. The third-order valence-corrected chi connectivity index (χ3v) is 4.86. The minimum atomic E-state index is -0.504. The molecule has 122 valence electrons. The van der Waals surface area contributed by atoms with Crippen LogP contribution in [0.25, 0.3) is 0 Å². The third-order valence-electron chi connectivity index (χ3n) is 4.57. The maximum atomic E-state index is 13.1. The van der Waals surface area contributed by atoms with Crippen molar-refractivity contribution in [1.82, 2.24) is 4.90 Å². The van der Waals surface area contributed by atoms with E-state index in [1.807, 2.05) is 0 Å². The number of likely N-dealkylation sites (tertiary alicyclic amines) is 1. The Labute approximate surface area is 135 Å². The van der Waals surface area contributed by atoms with Crippen molar-refractivity contribution in [3.8, 4) is 0 Å². The van der Waals surface area contributed by atoms with Crippen molar-refractivity contribution in [3.05, 3.63) is 29.0 Å². The highest BCUT2D eigenvalue weighted by molar-refractivity contribution is 6.31. The van der Waals surface area contributed by atoms with E-state index in [2.05, 4.69) is 17.1 Å². The fourth-order valence-corrected chi connectivity index (χ4v) is 2.97. The predicted octanol–water partition coefficient (Wildman–Crippen LogP) is 2.90. The average molecular weight is 329 g/mol. The second-order valence-electron chi connectivity index (χ2n) is 5.96. The van der Waals surface area contributed by atoms with Crippen molar-refractivity contribution >= 4 is 23.2 Å².